The zero-order valence-electron chi connectivity index (χ0n) is 13.6. The Morgan fingerprint density at radius 3 is 2.58 bits per heavy atom. The first-order valence-electron chi connectivity index (χ1n) is 8.18. The maximum Gasteiger partial charge on any atom is 0.235 e. The molecule has 0 saturated heterocycles. The third-order valence-electron chi connectivity index (χ3n) is 4.05. The summed E-state index contributed by atoms with van der Waals surface area (Å²) >= 11 is 1.50. The molecule has 26 heavy (non-hydrogen) atoms. The lowest BCUT2D eigenvalue weighted by Gasteiger charge is -1.99. The lowest BCUT2D eigenvalue weighted by molar-refractivity contribution is 0.953. The van der Waals surface area contributed by atoms with Crippen molar-refractivity contribution in [3.8, 4) is 11.5 Å². The van der Waals surface area contributed by atoms with Crippen LogP contribution in [0.3, 0.4) is 0 Å². The zero-order chi connectivity index (χ0) is 17.3. The van der Waals surface area contributed by atoms with E-state index in [0.29, 0.717) is 5.82 Å². The van der Waals surface area contributed by atoms with E-state index in [9.17, 15) is 0 Å². The number of rotatable bonds is 3. The van der Waals surface area contributed by atoms with Crippen LogP contribution >= 0.6 is 11.3 Å². The summed E-state index contributed by atoms with van der Waals surface area (Å²) in [6.07, 6.45) is 4.03. The maximum atomic E-state index is 4.69. The summed E-state index contributed by atoms with van der Waals surface area (Å²) in [5.74, 6) is 0.654. The molecule has 0 saturated carbocycles. The number of pyridine rings is 1. The van der Waals surface area contributed by atoms with Crippen molar-refractivity contribution < 1.29 is 0 Å². The molecule has 0 aliphatic heterocycles. The lowest BCUT2D eigenvalue weighted by atomic mass is 10.2. The van der Waals surface area contributed by atoms with Crippen LogP contribution in [-0.2, 0) is 0 Å². The molecular weight excluding hydrogens is 342 g/mol. The van der Waals surface area contributed by atoms with Crippen molar-refractivity contribution >= 4 is 39.4 Å². The normalized spacial score (nSPS) is 11.7. The molecule has 124 valence electrons. The fourth-order valence-electron chi connectivity index (χ4n) is 2.78. The molecule has 0 bridgehead atoms. The van der Waals surface area contributed by atoms with E-state index in [2.05, 4.69) is 27.4 Å². The van der Waals surface area contributed by atoms with E-state index >= 15 is 0 Å². The van der Waals surface area contributed by atoms with Crippen molar-refractivity contribution in [3.05, 3.63) is 77.3 Å². The summed E-state index contributed by atoms with van der Waals surface area (Å²) in [6.45, 7) is 0. The average molecular weight is 355 g/mol. The van der Waals surface area contributed by atoms with Gasteiger partial charge in [-0.3, -0.25) is 0 Å². The molecule has 0 atom stereocenters. The molecule has 0 aliphatic carbocycles. The van der Waals surface area contributed by atoms with Crippen molar-refractivity contribution in [2.45, 2.75) is 0 Å². The highest BCUT2D eigenvalue weighted by Crippen LogP contribution is 2.23. The molecule has 3 heterocycles. The molecule has 0 unspecified atom stereocenters. The number of aromatic nitrogens is 5. The second-order valence-corrected chi connectivity index (χ2v) is 6.78. The molecule has 0 fully saturated rings. The highest BCUT2D eigenvalue weighted by Gasteiger charge is 2.13. The largest absolute Gasteiger partial charge is 0.244 e. The Balaban J connectivity index is 1.54. The van der Waals surface area contributed by atoms with Crippen molar-refractivity contribution in [2.75, 3.05) is 0 Å². The van der Waals surface area contributed by atoms with E-state index in [4.69, 9.17) is 4.98 Å². The minimum Gasteiger partial charge on any atom is -0.244 e. The van der Waals surface area contributed by atoms with Gasteiger partial charge in [-0.05, 0) is 23.8 Å². The fraction of sp³-hybridized carbons (Fsp3) is 0. The number of para-hydroxylation sites is 1. The summed E-state index contributed by atoms with van der Waals surface area (Å²) < 4.78 is 1.76. The average Bonchev–Trinajstić information content (AvgIpc) is 3.27. The van der Waals surface area contributed by atoms with Crippen LogP contribution in [0, 0.1) is 0 Å². The van der Waals surface area contributed by atoms with Crippen LogP contribution in [0.15, 0.2) is 66.7 Å². The molecule has 5 aromatic rings. The van der Waals surface area contributed by atoms with Crippen LogP contribution in [0.1, 0.15) is 10.6 Å². The van der Waals surface area contributed by atoms with Crippen LogP contribution in [0.5, 0.6) is 0 Å². The Bertz CT molecular complexity index is 1240. The smallest absolute Gasteiger partial charge is 0.235 e. The molecule has 0 radical (unpaired) electrons. The van der Waals surface area contributed by atoms with Gasteiger partial charge >= 0.3 is 0 Å². The van der Waals surface area contributed by atoms with E-state index in [0.717, 1.165) is 32.1 Å². The maximum absolute atomic E-state index is 4.69. The van der Waals surface area contributed by atoms with Crippen LogP contribution < -0.4 is 0 Å². The van der Waals surface area contributed by atoms with E-state index in [1.165, 1.54) is 11.3 Å². The standard InChI is InChI=1S/C20H13N5S/c1-2-6-14(7-3-1)10-13-18-24-25-19(22-23-20(25)26-18)17-12-11-15-8-4-5-9-16(15)21-17/h1-13H. The van der Waals surface area contributed by atoms with E-state index in [-0.39, 0.29) is 0 Å². The molecule has 2 aromatic carbocycles. The minimum absolute atomic E-state index is 0.654. The zero-order valence-corrected chi connectivity index (χ0v) is 14.5. The van der Waals surface area contributed by atoms with Gasteiger partial charge in [-0.1, -0.05) is 72.0 Å². The van der Waals surface area contributed by atoms with Crippen molar-refractivity contribution in [1.29, 1.82) is 0 Å². The van der Waals surface area contributed by atoms with Crippen LogP contribution in [0.4, 0.5) is 0 Å². The fourth-order valence-corrected chi connectivity index (χ4v) is 3.52. The number of hydrogen-bond donors (Lipinski definition) is 0. The Morgan fingerprint density at radius 2 is 1.65 bits per heavy atom. The SMILES string of the molecule is C(=Cc1nn2c(-c3ccc4ccccc4n3)nnc2s1)c1ccccc1. The van der Waals surface area contributed by atoms with Gasteiger partial charge in [0.2, 0.25) is 10.8 Å². The van der Waals surface area contributed by atoms with Gasteiger partial charge in [0.05, 0.1) is 5.52 Å². The van der Waals surface area contributed by atoms with Crippen LogP contribution in [-0.4, -0.2) is 24.8 Å². The summed E-state index contributed by atoms with van der Waals surface area (Å²) in [7, 11) is 0. The number of benzene rings is 2. The third-order valence-corrected chi connectivity index (χ3v) is 4.92. The first-order valence-corrected chi connectivity index (χ1v) is 9.00. The third kappa shape index (κ3) is 2.66. The van der Waals surface area contributed by atoms with Gasteiger partial charge in [0, 0.05) is 5.39 Å². The molecule has 3 aromatic heterocycles. The van der Waals surface area contributed by atoms with Gasteiger partial charge in [-0.15, -0.1) is 10.2 Å². The van der Waals surface area contributed by atoms with E-state index < -0.39 is 0 Å². The Kier molecular flexibility index (Phi) is 3.54. The Morgan fingerprint density at radius 1 is 0.808 bits per heavy atom. The molecule has 0 spiro atoms. The van der Waals surface area contributed by atoms with Gasteiger partial charge in [0.1, 0.15) is 10.7 Å². The number of nitrogens with zero attached hydrogens (tertiary/aromatic N) is 5. The van der Waals surface area contributed by atoms with Crippen molar-refractivity contribution in [2.24, 2.45) is 0 Å². The van der Waals surface area contributed by atoms with Crippen LogP contribution in [0.2, 0.25) is 0 Å². The van der Waals surface area contributed by atoms with E-state index in [1.807, 2.05) is 66.7 Å². The first kappa shape index (κ1) is 14.9. The molecule has 5 nitrogen and oxygen atoms in total. The lowest BCUT2D eigenvalue weighted by Crippen LogP contribution is -1.93. The van der Waals surface area contributed by atoms with Crippen LogP contribution in [0.25, 0.3) is 39.5 Å². The quantitative estimate of drug-likeness (QED) is 0.476. The molecule has 0 amide bonds. The Hall–Kier alpha value is -3.38. The van der Waals surface area contributed by atoms with Gasteiger partial charge in [-0.25, -0.2) is 4.98 Å². The summed E-state index contributed by atoms with van der Waals surface area (Å²) in [5.41, 5.74) is 2.83. The topological polar surface area (TPSA) is 56.0 Å². The molecule has 0 aliphatic rings. The summed E-state index contributed by atoms with van der Waals surface area (Å²) in [4.78, 5) is 5.45. The van der Waals surface area contributed by atoms with Gasteiger partial charge in [0.15, 0.2) is 0 Å². The monoisotopic (exact) mass is 355 g/mol. The molecule has 0 N–H and O–H groups in total. The second kappa shape index (κ2) is 6.16. The van der Waals surface area contributed by atoms with Gasteiger partial charge in [0.25, 0.3) is 0 Å². The molecule has 5 rings (SSSR count). The summed E-state index contributed by atoms with van der Waals surface area (Å²) in [6, 6.07) is 22.2. The summed E-state index contributed by atoms with van der Waals surface area (Å²) in [5, 5.41) is 15.1. The van der Waals surface area contributed by atoms with Crippen molar-refractivity contribution in [3.63, 3.8) is 0 Å². The Labute approximate surface area is 153 Å². The minimum atomic E-state index is 0.654. The number of fused-ring (bicyclic) bond motifs is 2. The van der Waals surface area contributed by atoms with Gasteiger partial charge in [-0.2, -0.15) is 9.61 Å². The molecular formula is C20H13N5S. The van der Waals surface area contributed by atoms with Crippen molar-refractivity contribution in [1.82, 2.24) is 24.8 Å². The second-order valence-electron chi connectivity index (χ2n) is 5.79. The predicted molar refractivity (Wildman–Crippen MR) is 105 cm³/mol. The van der Waals surface area contributed by atoms with Gasteiger partial charge < -0.3 is 0 Å². The number of hydrogen-bond acceptors (Lipinski definition) is 5. The van der Waals surface area contributed by atoms with E-state index in [1.54, 1.807) is 4.52 Å². The first-order chi connectivity index (χ1) is 12.9. The molecule has 6 heteroatoms. The predicted octanol–water partition coefficient (Wildman–Crippen LogP) is 4.57. The highest BCUT2D eigenvalue weighted by atomic mass is 32.1. The highest BCUT2D eigenvalue weighted by molar-refractivity contribution is 7.17.